The molecule has 1 N–H and O–H groups in total. The van der Waals surface area contributed by atoms with Crippen molar-refractivity contribution in [1.29, 1.82) is 0 Å². The summed E-state index contributed by atoms with van der Waals surface area (Å²) in [4.78, 5) is 34.3. The Morgan fingerprint density at radius 3 is 2.88 bits per heavy atom. The van der Waals surface area contributed by atoms with Crippen LogP contribution >= 0.6 is 11.8 Å². The molecule has 0 radical (unpaired) electrons. The number of nitrogens with one attached hydrogen (secondary N) is 1. The van der Waals surface area contributed by atoms with Crippen molar-refractivity contribution in [3.05, 3.63) is 34.6 Å². The monoisotopic (exact) mass is 371 g/mol. The van der Waals surface area contributed by atoms with Crippen LogP contribution in [0.5, 0.6) is 0 Å². The minimum Gasteiger partial charge on any atom is -0.338 e. The molecule has 1 aliphatic carbocycles. The first-order valence-electron chi connectivity index (χ1n) is 9.16. The molecule has 2 heterocycles. The summed E-state index contributed by atoms with van der Waals surface area (Å²) in [6, 6.07) is 7.61. The molecular formula is C20H25N3O2S. The number of aromatic nitrogens is 2. The molecule has 138 valence electrons. The number of para-hydroxylation sites is 1. The van der Waals surface area contributed by atoms with Gasteiger partial charge in [-0.05, 0) is 42.2 Å². The average molecular weight is 372 g/mol. The van der Waals surface area contributed by atoms with Crippen molar-refractivity contribution in [1.82, 2.24) is 14.9 Å². The molecule has 2 fully saturated rings. The molecular weight excluding hydrogens is 346 g/mol. The molecule has 2 aromatic rings. The van der Waals surface area contributed by atoms with Crippen LogP contribution < -0.4 is 5.56 Å². The zero-order chi connectivity index (χ0) is 18.5. The van der Waals surface area contributed by atoms with E-state index in [1.54, 1.807) is 6.07 Å². The Morgan fingerprint density at radius 2 is 2.08 bits per heavy atom. The number of nitrogens with zero attached hydrogens (tertiary/aromatic N) is 2. The standard InChI is InChI=1S/C20H25N3O2S/c1-19(2)8-13-9-20(3,11-19)12-23(13)16(24)10-26-18-21-15-7-5-4-6-14(15)17(25)22-18/h4-7,13H,8-12H2,1-3H3,(H,21,22,25)/t13-,20-/m1/s1. The van der Waals surface area contributed by atoms with E-state index in [0.717, 1.165) is 19.4 Å². The first kappa shape index (κ1) is 17.6. The number of benzene rings is 1. The topological polar surface area (TPSA) is 66.1 Å². The van der Waals surface area contributed by atoms with Crippen molar-refractivity contribution in [2.75, 3.05) is 12.3 Å². The summed E-state index contributed by atoms with van der Waals surface area (Å²) in [5.74, 6) is 0.464. The van der Waals surface area contributed by atoms with Gasteiger partial charge in [0.15, 0.2) is 5.16 Å². The highest BCUT2D eigenvalue weighted by atomic mass is 32.2. The first-order chi connectivity index (χ1) is 12.2. The maximum Gasteiger partial charge on any atom is 0.259 e. The van der Waals surface area contributed by atoms with Crippen molar-refractivity contribution >= 4 is 28.6 Å². The van der Waals surface area contributed by atoms with E-state index >= 15 is 0 Å². The molecule has 26 heavy (non-hydrogen) atoms. The molecule has 6 heteroatoms. The van der Waals surface area contributed by atoms with Gasteiger partial charge in [-0.25, -0.2) is 4.98 Å². The normalized spacial score (nSPS) is 27.0. The van der Waals surface area contributed by atoms with E-state index < -0.39 is 0 Å². The van der Waals surface area contributed by atoms with Gasteiger partial charge >= 0.3 is 0 Å². The van der Waals surface area contributed by atoms with Gasteiger partial charge in [0.1, 0.15) is 0 Å². The van der Waals surface area contributed by atoms with Gasteiger partial charge in [-0.2, -0.15) is 0 Å². The van der Waals surface area contributed by atoms with Gasteiger partial charge in [0.05, 0.1) is 16.7 Å². The van der Waals surface area contributed by atoms with Gasteiger partial charge in [-0.15, -0.1) is 0 Å². The number of hydrogen-bond donors (Lipinski definition) is 1. The van der Waals surface area contributed by atoms with Crippen molar-refractivity contribution in [2.24, 2.45) is 10.8 Å². The quantitative estimate of drug-likeness (QED) is 0.663. The van der Waals surface area contributed by atoms with Crippen molar-refractivity contribution < 1.29 is 4.79 Å². The molecule has 1 aliphatic heterocycles. The number of carbonyl (C=O) groups is 1. The van der Waals surface area contributed by atoms with E-state index in [0.29, 0.717) is 33.3 Å². The third-order valence-electron chi connectivity index (χ3n) is 5.66. The highest BCUT2D eigenvalue weighted by Crippen LogP contribution is 2.52. The molecule has 1 aromatic heterocycles. The lowest BCUT2D eigenvalue weighted by Gasteiger charge is -2.39. The maximum atomic E-state index is 12.8. The van der Waals surface area contributed by atoms with Gasteiger partial charge in [0.2, 0.25) is 5.91 Å². The van der Waals surface area contributed by atoms with Crippen LogP contribution in [-0.2, 0) is 4.79 Å². The second kappa shape index (κ2) is 6.12. The second-order valence-electron chi connectivity index (χ2n) is 8.91. The lowest BCUT2D eigenvalue weighted by Crippen LogP contribution is -2.38. The average Bonchev–Trinajstić information content (AvgIpc) is 2.81. The number of H-pyrrole nitrogens is 1. The Kier molecular flexibility index (Phi) is 4.14. The van der Waals surface area contributed by atoms with Gasteiger partial charge in [-0.1, -0.05) is 44.7 Å². The fourth-order valence-corrected chi connectivity index (χ4v) is 5.85. The van der Waals surface area contributed by atoms with Crippen LogP contribution in [-0.4, -0.2) is 39.1 Å². The van der Waals surface area contributed by atoms with Crippen LogP contribution in [0.4, 0.5) is 0 Å². The third-order valence-corrected chi connectivity index (χ3v) is 6.52. The Hall–Kier alpha value is -1.82. The number of amides is 1. The largest absolute Gasteiger partial charge is 0.338 e. The van der Waals surface area contributed by atoms with E-state index in [9.17, 15) is 9.59 Å². The number of fused-ring (bicyclic) bond motifs is 3. The zero-order valence-corrected chi connectivity index (χ0v) is 16.4. The number of carbonyl (C=O) groups excluding carboxylic acids is 1. The molecule has 4 rings (SSSR count). The lowest BCUT2D eigenvalue weighted by molar-refractivity contribution is -0.129. The molecule has 1 amide bonds. The zero-order valence-electron chi connectivity index (χ0n) is 15.5. The van der Waals surface area contributed by atoms with E-state index in [4.69, 9.17) is 0 Å². The summed E-state index contributed by atoms with van der Waals surface area (Å²) in [5.41, 5.74) is 1.04. The van der Waals surface area contributed by atoms with E-state index in [2.05, 4.69) is 35.6 Å². The van der Waals surface area contributed by atoms with Gasteiger partial charge < -0.3 is 9.88 Å². The lowest BCUT2D eigenvalue weighted by atomic mass is 9.65. The van der Waals surface area contributed by atoms with Crippen molar-refractivity contribution in [3.63, 3.8) is 0 Å². The van der Waals surface area contributed by atoms with Crippen LogP contribution in [0.15, 0.2) is 34.2 Å². The van der Waals surface area contributed by atoms with Gasteiger partial charge in [0, 0.05) is 12.6 Å². The molecule has 5 nitrogen and oxygen atoms in total. The number of thioether (sulfide) groups is 1. The summed E-state index contributed by atoms with van der Waals surface area (Å²) in [5, 5.41) is 1.09. The first-order valence-corrected chi connectivity index (χ1v) is 10.1. The minimum absolute atomic E-state index is 0.150. The maximum absolute atomic E-state index is 12.8. The van der Waals surface area contributed by atoms with Crippen LogP contribution in [0, 0.1) is 10.8 Å². The second-order valence-corrected chi connectivity index (χ2v) is 9.88. The van der Waals surface area contributed by atoms with E-state index in [1.165, 1.54) is 18.2 Å². The Balaban J connectivity index is 1.47. The molecule has 1 aromatic carbocycles. The summed E-state index contributed by atoms with van der Waals surface area (Å²) in [6.07, 6.45) is 3.36. The molecule has 0 spiro atoms. The summed E-state index contributed by atoms with van der Waals surface area (Å²) >= 11 is 1.32. The molecule has 2 atom stereocenters. The SMILES string of the molecule is CC1(C)C[C@@H]2C[C@@](C)(CN2C(=O)CSc2nc3ccccc3c(=O)[nH]2)C1. The molecule has 1 saturated carbocycles. The van der Waals surface area contributed by atoms with Crippen LogP contribution in [0.25, 0.3) is 10.9 Å². The van der Waals surface area contributed by atoms with E-state index in [-0.39, 0.29) is 16.9 Å². The highest BCUT2D eigenvalue weighted by Gasteiger charge is 2.50. The summed E-state index contributed by atoms with van der Waals surface area (Å²) < 4.78 is 0. The Bertz CT molecular complexity index is 923. The Labute approximate surface area is 157 Å². The predicted octanol–water partition coefficient (Wildman–Crippen LogP) is 3.44. The minimum atomic E-state index is -0.156. The van der Waals surface area contributed by atoms with Gasteiger partial charge in [-0.3, -0.25) is 9.59 Å². The third kappa shape index (κ3) is 3.27. The van der Waals surface area contributed by atoms with Crippen molar-refractivity contribution in [3.8, 4) is 0 Å². The fourth-order valence-electron chi connectivity index (χ4n) is 5.10. The number of rotatable bonds is 3. The Morgan fingerprint density at radius 1 is 1.31 bits per heavy atom. The van der Waals surface area contributed by atoms with Gasteiger partial charge in [0.25, 0.3) is 5.56 Å². The van der Waals surface area contributed by atoms with E-state index in [1.807, 2.05) is 18.2 Å². The molecule has 2 aliphatic rings. The summed E-state index contributed by atoms with van der Waals surface area (Å²) in [7, 11) is 0. The van der Waals surface area contributed by atoms with Crippen LogP contribution in [0.3, 0.4) is 0 Å². The summed E-state index contributed by atoms with van der Waals surface area (Å²) in [6.45, 7) is 7.78. The smallest absolute Gasteiger partial charge is 0.259 e. The number of aromatic amines is 1. The predicted molar refractivity (Wildman–Crippen MR) is 104 cm³/mol. The molecule has 0 unspecified atom stereocenters. The van der Waals surface area contributed by atoms with Crippen LogP contribution in [0.2, 0.25) is 0 Å². The molecule has 2 bridgehead atoms. The fraction of sp³-hybridized carbons (Fsp3) is 0.550. The highest BCUT2D eigenvalue weighted by molar-refractivity contribution is 7.99. The van der Waals surface area contributed by atoms with Crippen molar-refractivity contribution in [2.45, 2.75) is 51.2 Å². The van der Waals surface area contributed by atoms with Crippen LogP contribution in [0.1, 0.15) is 40.0 Å². The molecule has 1 saturated heterocycles. The number of hydrogen-bond acceptors (Lipinski definition) is 4. The number of likely N-dealkylation sites (tertiary alicyclic amines) is 1.